The molecule has 0 atom stereocenters. The smallest absolute Gasteiger partial charge is 0.324 e. The minimum Gasteiger partial charge on any atom is -0.324 e. The van der Waals surface area contributed by atoms with Crippen LogP contribution in [-0.4, -0.2) is 14.9 Å². The van der Waals surface area contributed by atoms with Gasteiger partial charge >= 0.3 is 7.60 Å². The average Bonchev–Trinajstić information content (AvgIpc) is 1.87. The molecule has 3 nitrogen and oxygen atoms in total. The molecule has 0 aromatic rings. The Morgan fingerprint density at radius 3 is 1.58 bits per heavy atom. The van der Waals surface area contributed by atoms with Crippen molar-refractivity contribution in [1.29, 1.82) is 0 Å². The van der Waals surface area contributed by atoms with Crippen LogP contribution in [0.2, 0.25) is 0 Å². The Balaban J connectivity index is 4.97. The number of rotatable bonds is 4. The highest BCUT2D eigenvalue weighted by Gasteiger charge is 2.45. The van der Waals surface area contributed by atoms with Crippen LogP contribution in [0.5, 0.6) is 0 Å². The number of hydrogen-bond donors (Lipinski definition) is 2. The van der Waals surface area contributed by atoms with E-state index in [1.165, 1.54) is 0 Å². The lowest BCUT2D eigenvalue weighted by molar-refractivity contribution is 0.273. The summed E-state index contributed by atoms with van der Waals surface area (Å²) < 4.78 is 11.3. The van der Waals surface area contributed by atoms with E-state index in [1.54, 1.807) is 0 Å². The van der Waals surface area contributed by atoms with Crippen LogP contribution in [0.25, 0.3) is 0 Å². The van der Waals surface area contributed by atoms with Gasteiger partial charge in [-0.05, 0) is 18.8 Å². The largest absolute Gasteiger partial charge is 0.331 e. The first-order chi connectivity index (χ1) is 5.31. The van der Waals surface area contributed by atoms with Gasteiger partial charge in [-0.1, -0.05) is 27.7 Å². The molecule has 0 saturated heterocycles. The predicted molar refractivity (Wildman–Crippen MR) is 50.2 cm³/mol. The van der Waals surface area contributed by atoms with Crippen molar-refractivity contribution in [3.8, 4) is 0 Å². The monoisotopic (exact) mass is 194 g/mol. The molecule has 74 valence electrons. The minimum absolute atomic E-state index is 0.0216. The van der Waals surface area contributed by atoms with Crippen LogP contribution < -0.4 is 0 Å². The van der Waals surface area contributed by atoms with Crippen LogP contribution in [0.4, 0.5) is 0 Å². The van der Waals surface area contributed by atoms with Crippen LogP contribution in [0.1, 0.15) is 40.5 Å². The summed E-state index contributed by atoms with van der Waals surface area (Å²) in [4.78, 5) is 18.4. The van der Waals surface area contributed by atoms with Gasteiger partial charge in [0.25, 0.3) is 0 Å². The van der Waals surface area contributed by atoms with Crippen molar-refractivity contribution >= 4 is 7.60 Å². The van der Waals surface area contributed by atoms with Gasteiger partial charge in [0.2, 0.25) is 0 Å². The molecule has 0 saturated carbocycles. The van der Waals surface area contributed by atoms with E-state index >= 15 is 0 Å². The van der Waals surface area contributed by atoms with Crippen molar-refractivity contribution in [3.63, 3.8) is 0 Å². The molecule has 0 unspecified atom stereocenters. The third-order valence-corrected chi connectivity index (χ3v) is 5.19. The Hall–Kier alpha value is 0.150. The molecule has 2 N–H and O–H groups in total. The molecule has 0 aliphatic carbocycles. The lowest BCUT2D eigenvalue weighted by Gasteiger charge is -2.36. The summed E-state index contributed by atoms with van der Waals surface area (Å²) in [6, 6.07) is 0. The molecule has 0 aromatic heterocycles. The third kappa shape index (κ3) is 1.90. The maximum Gasteiger partial charge on any atom is 0.331 e. The zero-order valence-electron chi connectivity index (χ0n) is 8.24. The summed E-state index contributed by atoms with van der Waals surface area (Å²) in [6.07, 6.45) is 1.07. The second-order valence-corrected chi connectivity index (χ2v) is 5.49. The lowest BCUT2D eigenvalue weighted by atomic mass is 9.89. The molecule has 4 heteroatoms. The molecule has 12 heavy (non-hydrogen) atoms. The summed E-state index contributed by atoms with van der Waals surface area (Å²) >= 11 is 0. The van der Waals surface area contributed by atoms with Crippen LogP contribution in [-0.2, 0) is 4.57 Å². The molecular formula is C8H19O3P. The number of hydrogen-bond acceptors (Lipinski definition) is 1. The second-order valence-electron chi connectivity index (χ2n) is 3.51. The van der Waals surface area contributed by atoms with Crippen LogP contribution in [0.3, 0.4) is 0 Å². The highest BCUT2D eigenvalue weighted by molar-refractivity contribution is 7.53. The van der Waals surface area contributed by atoms with Gasteiger partial charge in [-0.2, -0.15) is 0 Å². The summed E-state index contributed by atoms with van der Waals surface area (Å²) in [7, 11) is -3.96. The van der Waals surface area contributed by atoms with Gasteiger partial charge in [0.05, 0.1) is 5.16 Å². The molecule has 0 heterocycles. The average molecular weight is 194 g/mol. The summed E-state index contributed by atoms with van der Waals surface area (Å²) in [6.45, 7) is 7.41. The van der Waals surface area contributed by atoms with Gasteiger partial charge in [0, 0.05) is 0 Å². The SMILES string of the molecule is CCC(CC)(C(C)C)P(=O)(O)O. The fourth-order valence-corrected chi connectivity index (χ4v) is 3.31. The first kappa shape index (κ1) is 12.2. The quantitative estimate of drug-likeness (QED) is 0.675. The Bertz CT molecular complexity index is 179. The maximum atomic E-state index is 11.3. The van der Waals surface area contributed by atoms with Crippen molar-refractivity contribution in [2.75, 3.05) is 0 Å². The molecule has 0 radical (unpaired) electrons. The maximum absolute atomic E-state index is 11.3. The molecule has 0 aromatic carbocycles. The lowest BCUT2D eigenvalue weighted by Crippen LogP contribution is -2.33. The third-order valence-electron chi connectivity index (χ3n) is 2.88. The fourth-order valence-electron chi connectivity index (χ4n) is 1.81. The highest BCUT2D eigenvalue weighted by Crippen LogP contribution is 2.58. The van der Waals surface area contributed by atoms with Gasteiger partial charge < -0.3 is 9.79 Å². The van der Waals surface area contributed by atoms with E-state index in [0.29, 0.717) is 12.8 Å². The van der Waals surface area contributed by atoms with E-state index < -0.39 is 12.8 Å². The minimum atomic E-state index is -3.96. The molecule has 0 amide bonds. The van der Waals surface area contributed by atoms with Gasteiger partial charge in [-0.25, -0.2) is 0 Å². The summed E-state index contributed by atoms with van der Waals surface area (Å²) in [5.74, 6) is 0.0216. The van der Waals surface area contributed by atoms with Crippen molar-refractivity contribution in [2.45, 2.75) is 45.7 Å². The van der Waals surface area contributed by atoms with E-state index in [-0.39, 0.29) is 5.92 Å². The van der Waals surface area contributed by atoms with E-state index in [1.807, 2.05) is 27.7 Å². The van der Waals surface area contributed by atoms with Crippen molar-refractivity contribution in [1.82, 2.24) is 0 Å². The topological polar surface area (TPSA) is 57.5 Å². The van der Waals surface area contributed by atoms with Crippen LogP contribution in [0.15, 0.2) is 0 Å². The second kappa shape index (κ2) is 3.91. The van der Waals surface area contributed by atoms with Gasteiger partial charge in [0.1, 0.15) is 0 Å². The Labute approximate surface area is 74.3 Å². The fraction of sp³-hybridized carbons (Fsp3) is 1.00. The molecular weight excluding hydrogens is 175 g/mol. The first-order valence-electron chi connectivity index (χ1n) is 4.37. The molecule has 0 bridgehead atoms. The van der Waals surface area contributed by atoms with Gasteiger partial charge in [-0.15, -0.1) is 0 Å². The molecule has 0 spiro atoms. The summed E-state index contributed by atoms with van der Waals surface area (Å²) in [5, 5.41) is -0.812. The zero-order chi connectivity index (χ0) is 9.99. The predicted octanol–water partition coefficient (Wildman–Crippen LogP) is 2.38. The standard InChI is InChI=1S/C8H19O3P/c1-5-8(6-2,7(3)4)12(9,10)11/h7H,5-6H2,1-4H3,(H2,9,10,11). The van der Waals surface area contributed by atoms with Gasteiger partial charge in [0.15, 0.2) is 0 Å². The Morgan fingerprint density at radius 2 is 1.58 bits per heavy atom. The van der Waals surface area contributed by atoms with Crippen LogP contribution >= 0.6 is 7.60 Å². The van der Waals surface area contributed by atoms with E-state index in [4.69, 9.17) is 0 Å². The van der Waals surface area contributed by atoms with E-state index in [0.717, 1.165) is 0 Å². The Kier molecular flexibility index (Phi) is 3.95. The molecule has 0 rings (SSSR count). The van der Waals surface area contributed by atoms with Crippen molar-refractivity contribution in [2.24, 2.45) is 5.92 Å². The van der Waals surface area contributed by atoms with Crippen molar-refractivity contribution in [3.05, 3.63) is 0 Å². The normalized spacial score (nSPS) is 13.9. The van der Waals surface area contributed by atoms with Gasteiger partial charge in [-0.3, -0.25) is 4.57 Å². The summed E-state index contributed by atoms with van der Waals surface area (Å²) in [5.41, 5.74) is 0. The molecule has 0 aliphatic rings. The van der Waals surface area contributed by atoms with Crippen molar-refractivity contribution < 1.29 is 14.4 Å². The zero-order valence-corrected chi connectivity index (χ0v) is 9.14. The van der Waals surface area contributed by atoms with E-state index in [9.17, 15) is 14.4 Å². The Morgan fingerprint density at radius 1 is 1.25 bits per heavy atom. The first-order valence-corrected chi connectivity index (χ1v) is 5.98. The highest BCUT2D eigenvalue weighted by atomic mass is 31.2. The molecule has 0 fully saturated rings. The van der Waals surface area contributed by atoms with E-state index in [2.05, 4.69) is 0 Å². The molecule has 0 aliphatic heterocycles. The van der Waals surface area contributed by atoms with Crippen LogP contribution in [0, 0.1) is 5.92 Å².